The van der Waals surface area contributed by atoms with Gasteiger partial charge in [0.1, 0.15) is 0 Å². The zero-order valence-electron chi connectivity index (χ0n) is 18.8. The summed E-state index contributed by atoms with van der Waals surface area (Å²) >= 11 is 7.48. The molecule has 11 heteroatoms. The van der Waals surface area contributed by atoms with Gasteiger partial charge in [0.05, 0.1) is 21.1 Å². The number of aromatic nitrogens is 4. The number of nitro benzene ring substituents is 1. The zero-order valence-corrected chi connectivity index (χ0v) is 20.3. The van der Waals surface area contributed by atoms with E-state index in [4.69, 9.17) is 21.0 Å². The third kappa shape index (κ3) is 5.13. The number of hydrogen-bond donors (Lipinski definition) is 0. The fourth-order valence-corrected chi connectivity index (χ4v) is 4.43. The van der Waals surface area contributed by atoms with Crippen molar-refractivity contribution in [2.75, 3.05) is 0 Å². The van der Waals surface area contributed by atoms with Gasteiger partial charge in [-0.3, -0.25) is 19.5 Å². The van der Waals surface area contributed by atoms with Crippen molar-refractivity contribution in [3.05, 3.63) is 73.8 Å². The number of rotatable bonds is 8. The van der Waals surface area contributed by atoms with Crippen LogP contribution in [0.25, 0.3) is 22.4 Å². The largest absolute Gasteiger partial charge is 0.419 e. The lowest BCUT2D eigenvalue weighted by atomic mass is 10.1. The van der Waals surface area contributed by atoms with Crippen molar-refractivity contribution in [3.8, 4) is 11.5 Å². The summed E-state index contributed by atoms with van der Waals surface area (Å²) in [7, 11) is 0. The maximum atomic E-state index is 13.2. The lowest BCUT2D eigenvalue weighted by Gasteiger charge is -2.16. The summed E-state index contributed by atoms with van der Waals surface area (Å²) in [6.07, 6.45) is 0.827. The molecule has 0 radical (unpaired) electrons. The Hall–Kier alpha value is -3.24. The van der Waals surface area contributed by atoms with Crippen LogP contribution in [0.1, 0.15) is 38.3 Å². The molecule has 4 aromatic rings. The van der Waals surface area contributed by atoms with Crippen molar-refractivity contribution in [3.63, 3.8) is 0 Å². The van der Waals surface area contributed by atoms with E-state index >= 15 is 0 Å². The van der Waals surface area contributed by atoms with Crippen molar-refractivity contribution < 1.29 is 9.34 Å². The second kappa shape index (κ2) is 9.94. The molecule has 176 valence electrons. The topological polar surface area (TPSA) is 117 Å². The number of non-ortho nitro benzene ring substituents is 1. The summed E-state index contributed by atoms with van der Waals surface area (Å²) in [6.45, 7) is 6.63. The molecule has 2 aromatic heterocycles. The molecule has 0 aliphatic carbocycles. The minimum atomic E-state index is -0.468. The summed E-state index contributed by atoms with van der Waals surface area (Å²) < 4.78 is 7.52. The maximum Gasteiger partial charge on any atom is 0.269 e. The average molecular weight is 500 g/mol. The smallest absolute Gasteiger partial charge is 0.269 e. The first-order chi connectivity index (χ1) is 16.2. The molecule has 34 heavy (non-hydrogen) atoms. The first-order valence-corrected chi connectivity index (χ1v) is 11.9. The van der Waals surface area contributed by atoms with Crippen molar-refractivity contribution in [2.24, 2.45) is 5.92 Å². The van der Waals surface area contributed by atoms with Crippen LogP contribution in [0.5, 0.6) is 0 Å². The quantitative estimate of drug-likeness (QED) is 0.127. The number of nitrogens with zero attached hydrogens (tertiary/aromatic N) is 5. The number of benzene rings is 2. The maximum absolute atomic E-state index is 13.2. The van der Waals surface area contributed by atoms with Gasteiger partial charge in [0.15, 0.2) is 5.16 Å². The molecular formula is C23H22ClN5O4S. The van der Waals surface area contributed by atoms with Gasteiger partial charge in [-0.05, 0) is 49.6 Å². The Morgan fingerprint density at radius 1 is 1.15 bits per heavy atom. The first kappa shape index (κ1) is 23.9. The standard InChI is InChI=1S/C23H22ClN5O4S/c1-13(2)10-11-28-22(30)18-9-6-16(24)12-19(18)25-23(28)34-14(3)20-26-27-21(33-20)15-4-7-17(8-5-15)29(31)32/h4-9,12-14H,10-11H2,1-3H3. The van der Waals surface area contributed by atoms with Crippen LogP contribution in [0.15, 0.2) is 56.8 Å². The third-order valence-electron chi connectivity index (χ3n) is 5.21. The molecule has 2 heterocycles. The molecule has 0 fully saturated rings. The number of halogens is 1. The molecule has 0 saturated heterocycles. The van der Waals surface area contributed by atoms with E-state index in [0.29, 0.717) is 45.0 Å². The Kier molecular flexibility index (Phi) is 6.99. The van der Waals surface area contributed by atoms with Gasteiger partial charge in [0.25, 0.3) is 11.2 Å². The molecule has 0 aliphatic rings. The molecule has 1 atom stereocenters. The van der Waals surface area contributed by atoms with E-state index in [0.717, 1.165) is 6.42 Å². The van der Waals surface area contributed by atoms with Crippen LogP contribution in [-0.2, 0) is 6.54 Å². The Morgan fingerprint density at radius 2 is 1.88 bits per heavy atom. The predicted octanol–water partition coefficient (Wildman–Crippen LogP) is 5.91. The summed E-state index contributed by atoms with van der Waals surface area (Å²) in [4.78, 5) is 28.3. The van der Waals surface area contributed by atoms with Crippen LogP contribution in [0.4, 0.5) is 5.69 Å². The normalized spacial score (nSPS) is 12.4. The third-order valence-corrected chi connectivity index (χ3v) is 6.52. The van der Waals surface area contributed by atoms with Gasteiger partial charge < -0.3 is 4.42 Å². The lowest BCUT2D eigenvalue weighted by Crippen LogP contribution is -2.24. The summed E-state index contributed by atoms with van der Waals surface area (Å²) in [6, 6.07) is 11.0. The Labute approximate surface area is 204 Å². The van der Waals surface area contributed by atoms with E-state index in [2.05, 4.69) is 24.0 Å². The SMILES string of the molecule is CC(C)CCn1c(SC(C)c2nnc(-c3ccc([N+](=O)[O-])cc3)o2)nc2cc(Cl)ccc2c1=O. The van der Waals surface area contributed by atoms with Gasteiger partial charge in [-0.1, -0.05) is 37.2 Å². The minimum Gasteiger partial charge on any atom is -0.419 e. The Morgan fingerprint density at radius 3 is 2.56 bits per heavy atom. The van der Waals surface area contributed by atoms with Gasteiger partial charge in [0, 0.05) is 29.3 Å². The average Bonchev–Trinajstić information content (AvgIpc) is 3.29. The van der Waals surface area contributed by atoms with E-state index in [1.807, 2.05) is 6.92 Å². The highest BCUT2D eigenvalue weighted by molar-refractivity contribution is 7.99. The first-order valence-electron chi connectivity index (χ1n) is 10.7. The monoisotopic (exact) mass is 499 g/mol. The van der Waals surface area contributed by atoms with Crippen LogP contribution >= 0.6 is 23.4 Å². The predicted molar refractivity (Wildman–Crippen MR) is 131 cm³/mol. The summed E-state index contributed by atoms with van der Waals surface area (Å²) in [5, 5.41) is 20.4. The molecule has 1 unspecified atom stereocenters. The van der Waals surface area contributed by atoms with Gasteiger partial charge in [0.2, 0.25) is 11.8 Å². The van der Waals surface area contributed by atoms with Crippen molar-refractivity contribution in [1.82, 2.24) is 19.7 Å². The van der Waals surface area contributed by atoms with Gasteiger partial charge >= 0.3 is 0 Å². The fraction of sp³-hybridized carbons (Fsp3) is 0.304. The van der Waals surface area contributed by atoms with Crippen LogP contribution in [0.2, 0.25) is 5.02 Å². The van der Waals surface area contributed by atoms with Gasteiger partial charge in [-0.15, -0.1) is 10.2 Å². The molecule has 0 aliphatic heterocycles. The molecule has 0 bridgehead atoms. The van der Waals surface area contributed by atoms with Crippen LogP contribution in [0, 0.1) is 16.0 Å². The Balaban J connectivity index is 1.64. The highest BCUT2D eigenvalue weighted by Crippen LogP contribution is 2.35. The van der Waals surface area contributed by atoms with Crippen molar-refractivity contribution in [1.29, 1.82) is 0 Å². The summed E-state index contributed by atoms with van der Waals surface area (Å²) in [5.74, 6) is 1.03. The lowest BCUT2D eigenvalue weighted by molar-refractivity contribution is -0.384. The highest BCUT2D eigenvalue weighted by atomic mass is 35.5. The van der Waals surface area contributed by atoms with E-state index in [1.165, 1.54) is 23.9 Å². The minimum absolute atomic E-state index is 0.0192. The van der Waals surface area contributed by atoms with E-state index < -0.39 is 4.92 Å². The zero-order chi connectivity index (χ0) is 24.4. The van der Waals surface area contributed by atoms with E-state index in [1.54, 1.807) is 34.9 Å². The second-order valence-electron chi connectivity index (χ2n) is 8.20. The fourth-order valence-electron chi connectivity index (χ4n) is 3.30. The molecule has 2 aromatic carbocycles. The van der Waals surface area contributed by atoms with Crippen molar-refractivity contribution in [2.45, 2.75) is 44.1 Å². The Bertz CT molecular complexity index is 1400. The van der Waals surface area contributed by atoms with Crippen LogP contribution < -0.4 is 5.56 Å². The molecule has 0 N–H and O–H groups in total. The van der Waals surface area contributed by atoms with Gasteiger partial charge in [-0.2, -0.15) is 0 Å². The number of hydrogen-bond acceptors (Lipinski definition) is 8. The van der Waals surface area contributed by atoms with Crippen LogP contribution in [0.3, 0.4) is 0 Å². The highest BCUT2D eigenvalue weighted by Gasteiger charge is 2.21. The number of nitro groups is 1. The molecule has 9 nitrogen and oxygen atoms in total. The molecule has 4 rings (SSSR count). The summed E-state index contributed by atoms with van der Waals surface area (Å²) in [5.41, 5.74) is 0.974. The molecule has 0 spiro atoms. The molecular weight excluding hydrogens is 478 g/mol. The van der Waals surface area contributed by atoms with Crippen molar-refractivity contribution >= 4 is 40.0 Å². The van der Waals surface area contributed by atoms with E-state index in [-0.39, 0.29) is 22.4 Å². The molecule has 0 saturated carbocycles. The van der Waals surface area contributed by atoms with E-state index in [9.17, 15) is 14.9 Å². The number of thioether (sulfide) groups is 1. The van der Waals surface area contributed by atoms with Crippen LogP contribution in [-0.4, -0.2) is 24.7 Å². The van der Waals surface area contributed by atoms with Gasteiger partial charge in [-0.25, -0.2) is 4.98 Å². The second-order valence-corrected chi connectivity index (χ2v) is 9.95. The number of fused-ring (bicyclic) bond motifs is 1. The molecule has 0 amide bonds.